The van der Waals surface area contributed by atoms with Crippen LogP contribution in [-0.4, -0.2) is 64.5 Å². The number of amides is 1. The normalized spacial score (nSPS) is 31.0. The predicted octanol–water partition coefficient (Wildman–Crippen LogP) is -0.419. The first-order valence-electron chi connectivity index (χ1n) is 7.48. The Morgan fingerprint density at radius 3 is 3.05 bits per heavy atom. The molecule has 7 heteroatoms. The van der Waals surface area contributed by atoms with E-state index >= 15 is 0 Å². The molecule has 0 radical (unpaired) electrons. The molecule has 0 aromatic carbocycles. The lowest BCUT2D eigenvalue weighted by molar-refractivity contribution is -0.128. The van der Waals surface area contributed by atoms with Crippen LogP contribution >= 0.6 is 0 Å². The SMILES string of the molecule is CN(C)[C@H]1[C@H](NC(=O)CCc2nncn2C)[C@@H]2CCO[C@@H]21. The van der Waals surface area contributed by atoms with Crippen molar-refractivity contribution in [3.8, 4) is 0 Å². The van der Waals surface area contributed by atoms with E-state index in [1.165, 1.54) is 0 Å². The van der Waals surface area contributed by atoms with Crippen molar-refractivity contribution >= 4 is 5.91 Å². The van der Waals surface area contributed by atoms with E-state index < -0.39 is 0 Å². The van der Waals surface area contributed by atoms with Gasteiger partial charge in [-0.05, 0) is 20.5 Å². The Morgan fingerprint density at radius 1 is 1.57 bits per heavy atom. The van der Waals surface area contributed by atoms with Crippen molar-refractivity contribution < 1.29 is 9.53 Å². The molecule has 2 fully saturated rings. The molecule has 2 heterocycles. The van der Waals surface area contributed by atoms with E-state index in [1.54, 1.807) is 6.33 Å². The zero-order chi connectivity index (χ0) is 15.0. The maximum absolute atomic E-state index is 12.2. The van der Waals surface area contributed by atoms with Crippen molar-refractivity contribution in [1.29, 1.82) is 0 Å². The molecule has 0 spiro atoms. The van der Waals surface area contributed by atoms with Crippen LogP contribution in [0.5, 0.6) is 0 Å². The molecule has 1 aliphatic heterocycles. The van der Waals surface area contributed by atoms with Crippen LogP contribution in [0.3, 0.4) is 0 Å². The molecule has 1 aromatic rings. The Balaban J connectivity index is 1.53. The van der Waals surface area contributed by atoms with E-state index in [0.717, 1.165) is 18.9 Å². The van der Waals surface area contributed by atoms with Crippen LogP contribution in [0, 0.1) is 5.92 Å². The van der Waals surface area contributed by atoms with Crippen LogP contribution in [0.25, 0.3) is 0 Å². The van der Waals surface area contributed by atoms with E-state index in [0.29, 0.717) is 18.8 Å². The highest BCUT2D eigenvalue weighted by Gasteiger charge is 2.55. The average Bonchev–Trinajstić information content (AvgIpc) is 3.00. The van der Waals surface area contributed by atoms with E-state index in [-0.39, 0.29) is 24.1 Å². The number of fused-ring (bicyclic) bond motifs is 1. The Bertz CT molecular complexity index is 515. The van der Waals surface area contributed by atoms with Crippen LogP contribution in [-0.2, 0) is 23.0 Å². The largest absolute Gasteiger partial charge is 0.376 e. The van der Waals surface area contributed by atoms with E-state index in [1.807, 2.05) is 25.7 Å². The molecule has 116 valence electrons. The minimum Gasteiger partial charge on any atom is -0.376 e. The summed E-state index contributed by atoms with van der Waals surface area (Å²) < 4.78 is 7.60. The van der Waals surface area contributed by atoms with Gasteiger partial charge in [0.15, 0.2) is 0 Å². The van der Waals surface area contributed by atoms with Gasteiger partial charge in [-0.2, -0.15) is 0 Å². The average molecular weight is 293 g/mol. The lowest BCUT2D eigenvalue weighted by Gasteiger charge is -2.50. The number of rotatable bonds is 5. The summed E-state index contributed by atoms with van der Waals surface area (Å²) >= 11 is 0. The van der Waals surface area contributed by atoms with Gasteiger partial charge in [0.1, 0.15) is 12.2 Å². The molecule has 0 bridgehead atoms. The number of hydrogen-bond acceptors (Lipinski definition) is 5. The van der Waals surface area contributed by atoms with Gasteiger partial charge in [0.2, 0.25) is 5.91 Å². The van der Waals surface area contributed by atoms with Crippen LogP contribution < -0.4 is 5.32 Å². The summed E-state index contributed by atoms with van der Waals surface area (Å²) in [4.78, 5) is 14.3. The topological polar surface area (TPSA) is 72.3 Å². The third-order valence-electron chi connectivity index (χ3n) is 4.65. The first-order chi connectivity index (χ1) is 10.1. The molecule has 0 unspecified atom stereocenters. The Hall–Kier alpha value is -1.47. The van der Waals surface area contributed by atoms with Gasteiger partial charge in [0, 0.05) is 32.4 Å². The monoisotopic (exact) mass is 293 g/mol. The molecule has 1 aromatic heterocycles. The predicted molar refractivity (Wildman–Crippen MR) is 76.6 cm³/mol. The fourth-order valence-corrected chi connectivity index (χ4v) is 3.50. The summed E-state index contributed by atoms with van der Waals surface area (Å²) in [6, 6.07) is 0.496. The quantitative estimate of drug-likeness (QED) is 0.798. The minimum atomic E-state index is 0.0835. The number of hydrogen-bond donors (Lipinski definition) is 1. The molecule has 21 heavy (non-hydrogen) atoms. The van der Waals surface area contributed by atoms with Gasteiger partial charge in [0.05, 0.1) is 18.2 Å². The molecule has 1 aliphatic carbocycles. The van der Waals surface area contributed by atoms with Gasteiger partial charge >= 0.3 is 0 Å². The number of nitrogens with zero attached hydrogens (tertiary/aromatic N) is 4. The van der Waals surface area contributed by atoms with E-state index in [9.17, 15) is 4.79 Å². The number of aromatic nitrogens is 3. The summed E-state index contributed by atoms with van der Waals surface area (Å²) in [5.41, 5.74) is 0. The minimum absolute atomic E-state index is 0.0835. The third-order valence-corrected chi connectivity index (χ3v) is 4.65. The zero-order valence-electron chi connectivity index (χ0n) is 12.8. The number of aryl methyl sites for hydroxylation is 2. The van der Waals surface area contributed by atoms with Crippen molar-refractivity contribution in [2.75, 3.05) is 20.7 Å². The molecule has 1 saturated carbocycles. The number of carbonyl (C=O) groups is 1. The molecule has 3 rings (SSSR count). The van der Waals surface area contributed by atoms with Gasteiger partial charge in [-0.15, -0.1) is 10.2 Å². The second kappa shape index (κ2) is 5.73. The van der Waals surface area contributed by atoms with Crippen LogP contribution in [0.2, 0.25) is 0 Å². The van der Waals surface area contributed by atoms with Gasteiger partial charge in [-0.25, -0.2) is 0 Å². The van der Waals surface area contributed by atoms with Gasteiger partial charge < -0.3 is 19.5 Å². The van der Waals surface area contributed by atoms with Crippen molar-refractivity contribution in [3.05, 3.63) is 12.2 Å². The van der Waals surface area contributed by atoms with E-state index in [2.05, 4.69) is 20.4 Å². The van der Waals surface area contributed by atoms with Gasteiger partial charge in [-0.3, -0.25) is 4.79 Å². The molecule has 1 saturated heterocycles. The van der Waals surface area contributed by atoms with Crippen LogP contribution in [0.1, 0.15) is 18.7 Å². The summed E-state index contributed by atoms with van der Waals surface area (Å²) in [6.45, 7) is 0.810. The van der Waals surface area contributed by atoms with Crippen molar-refractivity contribution in [2.45, 2.75) is 37.5 Å². The summed E-state index contributed by atoms with van der Waals surface area (Å²) in [5.74, 6) is 1.39. The molecular formula is C14H23N5O2. The van der Waals surface area contributed by atoms with Crippen LogP contribution in [0.4, 0.5) is 0 Å². The fraction of sp³-hybridized carbons (Fsp3) is 0.786. The highest BCUT2D eigenvalue weighted by Crippen LogP contribution is 2.41. The lowest BCUT2D eigenvalue weighted by Crippen LogP contribution is -2.69. The summed E-state index contributed by atoms with van der Waals surface area (Å²) in [6.07, 6.45) is 4.04. The first kappa shape index (κ1) is 14.5. The molecule has 4 atom stereocenters. The molecule has 1 N–H and O–H groups in total. The Morgan fingerprint density at radius 2 is 2.38 bits per heavy atom. The highest BCUT2D eigenvalue weighted by atomic mass is 16.5. The first-order valence-corrected chi connectivity index (χ1v) is 7.48. The number of carbonyl (C=O) groups excluding carboxylic acids is 1. The third kappa shape index (κ3) is 2.67. The second-order valence-corrected chi connectivity index (χ2v) is 6.19. The van der Waals surface area contributed by atoms with Crippen molar-refractivity contribution in [3.63, 3.8) is 0 Å². The summed E-state index contributed by atoms with van der Waals surface area (Å²) in [7, 11) is 5.98. The van der Waals surface area contributed by atoms with Crippen molar-refractivity contribution in [2.24, 2.45) is 13.0 Å². The Labute approximate surface area is 124 Å². The lowest BCUT2D eigenvalue weighted by atomic mass is 9.71. The maximum Gasteiger partial charge on any atom is 0.220 e. The molecule has 1 amide bonds. The number of likely N-dealkylation sites (N-methyl/N-ethyl adjacent to an activating group) is 1. The number of nitrogens with one attached hydrogen (secondary N) is 1. The maximum atomic E-state index is 12.2. The second-order valence-electron chi connectivity index (χ2n) is 6.19. The number of ether oxygens (including phenoxy) is 1. The summed E-state index contributed by atoms with van der Waals surface area (Å²) in [5, 5.41) is 11.0. The molecular weight excluding hydrogens is 270 g/mol. The van der Waals surface area contributed by atoms with E-state index in [4.69, 9.17) is 4.74 Å². The van der Waals surface area contributed by atoms with Gasteiger partial charge in [-0.1, -0.05) is 0 Å². The van der Waals surface area contributed by atoms with Gasteiger partial charge in [0.25, 0.3) is 0 Å². The van der Waals surface area contributed by atoms with Crippen LogP contribution in [0.15, 0.2) is 6.33 Å². The van der Waals surface area contributed by atoms with Crippen molar-refractivity contribution in [1.82, 2.24) is 25.0 Å². The Kier molecular flexibility index (Phi) is 3.95. The zero-order valence-corrected chi connectivity index (χ0v) is 12.8. The molecule has 7 nitrogen and oxygen atoms in total. The smallest absolute Gasteiger partial charge is 0.220 e. The highest BCUT2D eigenvalue weighted by molar-refractivity contribution is 5.76. The molecule has 2 aliphatic rings. The standard InChI is InChI=1S/C14H23N5O2/c1-18(2)13-12(9-6-7-21-14(9)13)16-11(20)5-4-10-17-15-8-19(10)3/h8-9,12-14H,4-7H2,1-3H3,(H,16,20)/t9-,12+,13-,14-/m0/s1. The fourth-order valence-electron chi connectivity index (χ4n) is 3.50.